The predicted molar refractivity (Wildman–Crippen MR) is 89.2 cm³/mol. The van der Waals surface area contributed by atoms with Gasteiger partial charge in [-0.05, 0) is 53.0 Å². The molecule has 5 nitrogen and oxygen atoms in total. The Kier molecular flexibility index (Phi) is 6.00. The molecule has 6 heteroatoms. The Morgan fingerprint density at radius 3 is 2.41 bits per heavy atom. The number of hydrogen-bond donors (Lipinski definition) is 2. The standard InChI is InChI=1S/C16H26N2O3S/c1-11(12-8-7-9-22-12)13(19)17-10-16(5,6)18-14(20)21-15(2,3)4/h7-9,11H,10H2,1-6H3,(H,17,19)(H,18,20)/t11-/m0/s1. The second kappa shape index (κ2) is 7.13. The minimum atomic E-state index is -0.590. The van der Waals surface area contributed by atoms with Gasteiger partial charge in [0, 0.05) is 11.4 Å². The van der Waals surface area contributed by atoms with Gasteiger partial charge in [0.1, 0.15) is 5.60 Å². The summed E-state index contributed by atoms with van der Waals surface area (Å²) in [5, 5.41) is 7.60. The fraction of sp³-hybridized carbons (Fsp3) is 0.625. The van der Waals surface area contributed by atoms with E-state index in [1.807, 2.05) is 59.1 Å². The highest BCUT2D eigenvalue weighted by Gasteiger charge is 2.26. The lowest BCUT2D eigenvalue weighted by atomic mass is 10.0. The number of carbonyl (C=O) groups is 2. The summed E-state index contributed by atoms with van der Waals surface area (Å²) in [5.41, 5.74) is -1.13. The first kappa shape index (κ1) is 18.5. The van der Waals surface area contributed by atoms with Crippen LogP contribution in [-0.2, 0) is 9.53 Å². The molecule has 2 N–H and O–H groups in total. The summed E-state index contributed by atoms with van der Waals surface area (Å²) in [5.74, 6) is -0.251. The Morgan fingerprint density at radius 2 is 1.91 bits per heavy atom. The summed E-state index contributed by atoms with van der Waals surface area (Å²) in [6, 6.07) is 3.87. The molecule has 1 rings (SSSR count). The number of alkyl carbamates (subject to hydrolysis) is 1. The lowest BCUT2D eigenvalue weighted by molar-refractivity contribution is -0.122. The molecule has 0 aliphatic carbocycles. The topological polar surface area (TPSA) is 67.4 Å². The fourth-order valence-electron chi connectivity index (χ4n) is 1.75. The largest absolute Gasteiger partial charge is 0.444 e. The summed E-state index contributed by atoms with van der Waals surface area (Å²) < 4.78 is 5.23. The first-order valence-electron chi connectivity index (χ1n) is 7.32. The molecule has 1 aromatic rings. The zero-order chi connectivity index (χ0) is 17.0. The third-order valence-electron chi connectivity index (χ3n) is 2.91. The Morgan fingerprint density at radius 1 is 1.27 bits per heavy atom. The molecule has 1 atom stereocenters. The van der Waals surface area contributed by atoms with Crippen LogP contribution < -0.4 is 10.6 Å². The summed E-state index contributed by atoms with van der Waals surface area (Å²) in [4.78, 5) is 25.0. The molecule has 1 aromatic heterocycles. The zero-order valence-corrected chi connectivity index (χ0v) is 15.0. The molecule has 124 valence electrons. The lowest BCUT2D eigenvalue weighted by Crippen LogP contribution is -2.52. The first-order valence-corrected chi connectivity index (χ1v) is 8.20. The maximum absolute atomic E-state index is 12.2. The van der Waals surface area contributed by atoms with Gasteiger partial charge >= 0.3 is 6.09 Å². The summed E-state index contributed by atoms with van der Waals surface area (Å²) in [7, 11) is 0. The van der Waals surface area contributed by atoms with Crippen LogP contribution in [0.15, 0.2) is 17.5 Å². The molecule has 2 amide bonds. The van der Waals surface area contributed by atoms with E-state index in [-0.39, 0.29) is 11.8 Å². The molecular formula is C16H26N2O3S. The molecular weight excluding hydrogens is 300 g/mol. The van der Waals surface area contributed by atoms with Gasteiger partial charge in [0.2, 0.25) is 5.91 Å². The SMILES string of the molecule is C[C@H](C(=O)NCC(C)(C)NC(=O)OC(C)(C)C)c1cccs1. The van der Waals surface area contributed by atoms with E-state index < -0.39 is 17.2 Å². The van der Waals surface area contributed by atoms with E-state index in [1.54, 1.807) is 11.3 Å². The zero-order valence-electron chi connectivity index (χ0n) is 14.1. The van der Waals surface area contributed by atoms with Crippen molar-refractivity contribution in [2.45, 2.75) is 58.6 Å². The van der Waals surface area contributed by atoms with Crippen molar-refractivity contribution in [1.82, 2.24) is 10.6 Å². The molecule has 1 heterocycles. The smallest absolute Gasteiger partial charge is 0.408 e. The van der Waals surface area contributed by atoms with Crippen LogP contribution in [0, 0.1) is 0 Å². The maximum atomic E-state index is 12.2. The van der Waals surface area contributed by atoms with Crippen molar-refractivity contribution in [3.63, 3.8) is 0 Å². The molecule has 0 saturated carbocycles. The quantitative estimate of drug-likeness (QED) is 0.872. The number of ether oxygens (including phenoxy) is 1. The number of carbonyl (C=O) groups excluding carboxylic acids is 2. The second-order valence-corrected chi connectivity index (χ2v) is 7.94. The third-order valence-corrected chi connectivity index (χ3v) is 3.96. The van der Waals surface area contributed by atoms with Crippen LogP contribution >= 0.6 is 11.3 Å². The third kappa shape index (κ3) is 6.47. The Balaban J connectivity index is 2.48. The van der Waals surface area contributed by atoms with E-state index in [4.69, 9.17) is 4.74 Å². The van der Waals surface area contributed by atoms with Crippen LogP contribution in [0.2, 0.25) is 0 Å². The molecule has 0 unspecified atom stereocenters. The highest BCUT2D eigenvalue weighted by Crippen LogP contribution is 2.20. The van der Waals surface area contributed by atoms with Crippen molar-refractivity contribution in [2.75, 3.05) is 6.54 Å². The normalized spacial score (nSPS) is 13.4. The van der Waals surface area contributed by atoms with Crippen LogP contribution in [0.5, 0.6) is 0 Å². The molecule has 0 radical (unpaired) electrons. The molecule has 0 saturated heterocycles. The van der Waals surface area contributed by atoms with E-state index in [0.29, 0.717) is 6.54 Å². The molecule has 0 aliphatic heterocycles. The summed E-state index contributed by atoms with van der Waals surface area (Å²) in [6.07, 6.45) is -0.488. The average molecular weight is 326 g/mol. The molecule has 0 fully saturated rings. The van der Waals surface area contributed by atoms with E-state index in [0.717, 1.165) is 4.88 Å². The van der Waals surface area contributed by atoms with Crippen molar-refractivity contribution in [2.24, 2.45) is 0 Å². The van der Waals surface area contributed by atoms with Gasteiger partial charge in [-0.1, -0.05) is 6.07 Å². The van der Waals surface area contributed by atoms with Crippen molar-refractivity contribution in [1.29, 1.82) is 0 Å². The number of hydrogen-bond acceptors (Lipinski definition) is 4. The van der Waals surface area contributed by atoms with Gasteiger partial charge in [0.25, 0.3) is 0 Å². The highest BCUT2D eigenvalue weighted by atomic mass is 32.1. The fourth-order valence-corrected chi connectivity index (χ4v) is 2.53. The van der Waals surface area contributed by atoms with Gasteiger partial charge < -0.3 is 15.4 Å². The van der Waals surface area contributed by atoms with Crippen LogP contribution in [0.3, 0.4) is 0 Å². The van der Waals surface area contributed by atoms with Crippen molar-refractivity contribution >= 4 is 23.3 Å². The van der Waals surface area contributed by atoms with Gasteiger partial charge in [-0.15, -0.1) is 11.3 Å². The van der Waals surface area contributed by atoms with Crippen molar-refractivity contribution in [3.05, 3.63) is 22.4 Å². The highest BCUT2D eigenvalue weighted by molar-refractivity contribution is 7.10. The van der Waals surface area contributed by atoms with Gasteiger partial charge in [-0.2, -0.15) is 0 Å². The minimum Gasteiger partial charge on any atom is -0.444 e. The van der Waals surface area contributed by atoms with Crippen LogP contribution in [0.25, 0.3) is 0 Å². The minimum absolute atomic E-state index is 0.0542. The van der Waals surface area contributed by atoms with E-state index in [1.165, 1.54) is 0 Å². The van der Waals surface area contributed by atoms with Crippen LogP contribution in [0.1, 0.15) is 52.3 Å². The summed E-state index contributed by atoms with van der Waals surface area (Å²) in [6.45, 7) is 11.3. The van der Waals surface area contributed by atoms with Crippen molar-refractivity contribution in [3.8, 4) is 0 Å². The monoisotopic (exact) mass is 326 g/mol. The Bertz CT molecular complexity index is 504. The summed E-state index contributed by atoms with van der Waals surface area (Å²) >= 11 is 1.56. The van der Waals surface area contributed by atoms with E-state index in [9.17, 15) is 9.59 Å². The predicted octanol–water partition coefficient (Wildman–Crippen LogP) is 3.27. The van der Waals surface area contributed by atoms with Gasteiger partial charge in [0.15, 0.2) is 0 Å². The number of rotatable bonds is 5. The molecule has 0 bridgehead atoms. The molecule has 0 aliphatic rings. The number of amides is 2. The average Bonchev–Trinajstić information content (AvgIpc) is 2.85. The van der Waals surface area contributed by atoms with Crippen LogP contribution in [-0.4, -0.2) is 29.7 Å². The maximum Gasteiger partial charge on any atom is 0.408 e. The lowest BCUT2D eigenvalue weighted by Gasteiger charge is -2.29. The molecule has 0 spiro atoms. The Labute approximate surface area is 136 Å². The van der Waals surface area contributed by atoms with E-state index >= 15 is 0 Å². The van der Waals surface area contributed by atoms with Gasteiger partial charge in [-0.25, -0.2) is 4.79 Å². The molecule has 22 heavy (non-hydrogen) atoms. The van der Waals surface area contributed by atoms with Gasteiger partial charge in [0.05, 0.1) is 11.5 Å². The number of nitrogens with one attached hydrogen (secondary N) is 2. The second-order valence-electron chi connectivity index (χ2n) is 6.97. The first-order chi connectivity index (χ1) is 10.0. The van der Waals surface area contributed by atoms with Crippen LogP contribution in [0.4, 0.5) is 4.79 Å². The van der Waals surface area contributed by atoms with Gasteiger partial charge in [-0.3, -0.25) is 4.79 Å². The Hall–Kier alpha value is -1.56. The number of thiophene rings is 1. The van der Waals surface area contributed by atoms with E-state index in [2.05, 4.69) is 10.6 Å². The van der Waals surface area contributed by atoms with Crippen molar-refractivity contribution < 1.29 is 14.3 Å². The molecule has 0 aromatic carbocycles.